The van der Waals surface area contributed by atoms with Crippen LogP contribution in [0.25, 0.3) is 0 Å². The molecule has 1 saturated heterocycles. The van der Waals surface area contributed by atoms with Crippen LogP contribution in [0.4, 0.5) is 0 Å². The van der Waals surface area contributed by atoms with Crippen LogP contribution in [0, 0.1) is 0 Å². The molecule has 1 aliphatic carbocycles. The average molecular weight is 207 g/mol. The summed E-state index contributed by atoms with van der Waals surface area (Å²) >= 11 is 0. The van der Waals surface area contributed by atoms with Gasteiger partial charge in [-0.15, -0.1) is 0 Å². The summed E-state index contributed by atoms with van der Waals surface area (Å²) in [7, 11) is 0. The minimum absolute atomic E-state index is 0.202. The third-order valence-corrected chi connectivity index (χ3v) is 3.85. The Hall–Kier alpha value is -0.900. The summed E-state index contributed by atoms with van der Waals surface area (Å²) in [6, 6.07) is 0. The van der Waals surface area contributed by atoms with E-state index in [1.54, 1.807) is 0 Å². The molecular weight excluding hydrogens is 190 g/mol. The van der Waals surface area contributed by atoms with Gasteiger partial charge in [-0.3, -0.25) is 0 Å². The molecule has 0 radical (unpaired) electrons. The number of hydrogen-bond donors (Lipinski definition) is 1. The Balaban J connectivity index is 1.80. The third kappa shape index (κ3) is 1.47. The van der Waals surface area contributed by atoms with Gasteiger partial charge in [-0.1, -0.05) is 18.5 Å². The van der Waals surface area contributed by atoms with Gasteiger partial charge in [0.25, 0.3) is 0 Å². The maximum Gasteiger partial charge on any atom is 0.231 e. The fourth-order valence-electron chi connectivity index (χ4n) is 2.44. The van der Waals surface area contributed by atoms with Gasteiger partial charge in [0.2, 0.25) is 5.89 Å². The molecule has 0 amide bonds. The lowest BCUT2D eigenvalue weighted by Gasteiger charge is -2.34. The topological polar surface area (TPSA) is 51.0 Å². The molecule has 4 nitrogen and oxygen atoms in total. The molecule has 15 heavy (non-hydrogen) atoms. The monoisotopic (exact) mass is 207 g/mol. The Labute approximate surface area is 89.4 Å². The van der Waals surface area contributed by atoms with Crippen LogP contribution in [-0.4, -0.2) is 23.2 Å². The molecule has 2 aliphatic rings. The van der Waals surface area contributed by atoms with Gasteiger partial charge in [-0.25, -0.2) is 0 Å². The molecule has 1 saturated carbocycles. The summed E-state index contributed by atoms with van der Waals surface area (Å²) in [4.78, 5) is 4.57. The smallest absolute Gasteiger partial charge is 0.231 e. The van der Waals surface area contributed by atoms with Crippen LogP contribution in [0.3, 0.4) is 0 Å². The van der Waals surface area contributed by atoms with Crippen LogP contribution in [-0.2, 0) is 5.41 Å². The molecule has 3 rings (SSSR count). The molecule has 1 N–H and O–H groups in total. The minimum atomic E-state index is 0.202. The van der Waals surface area contributed by atoms with E-state index in [2.05, 4.69) is 22.4 Å². The lowest BCUT2D eigenvalue weighted by atomic mass is 9.70. The summed E-state index contributed by atoms with van der Waals surface area (Å²) in [5.41, 5.74) is 0.202. The number of aromatic nitrogens is 2. The molecule has 0 bridgehead atoms. The fourth-order valence-corrected chi connectivity index (χ4v) is 2.44. The Morgan fingerprint density at radius 3 is 2.93 bits per heavy atom. The maximum absolute atomic E-state index is 5.37. The van der Waals surface area contributed by atoms with E-state index >= 15 is 0 Å². The highest BCUT2D eigenvalue weighted by Gasteiger charge is 2.38. The minimum Gasteiger partial charge on any atom is -0.339 e. The molecule has 1 atom stereocenters. The number of hydrogen-bond acceptors (Lipinski definition) is 4. The molecule has 1 aliphatic heterocycles. The summed E-state index contributed by atoms with van der Waals surface area (Å²) in [5, 5.41) is 7.46. The van der Waals surface area contributed by atoms with Crippen molar-refractivity contribution in [1.29, 1.82) is 0 Å². The van der Waals surface area contributed by atoms with E-state index in [0.29, 0.717) is 5.92 Å². The van der Waals surface area contributed by atoms with Gasteiger partial charge >= 0.3 is 0 Å². The lowest BCUT2D eigenvalue weighted by Crippen LogP contribution is -2.31. The molecule has 2 fully saturated rings. The normalized spacial score (nSPS) is 29.0. The molecular formula is C11H17N3O. The largest absolute Gasteiger partial charge is 0.339 e. The van der Waals surface area contributed by atoms with Gasteiger partial charge in [0.05, 0.1) is 5.92 Å². The van der Waals surface area contributed by atoms with E-state index < -0.39 is 0 Å². The first-order valence-electron chi connectivity index (χ1n) is 5.83. The predicted octanol–water partition coefficient (Wildman–Crippen LogP) is 1.59. The van der Waals surface area contributed by atoms with Crippen LogP contribution >= 0.6 is 0 Å². The van der Waals surface area contributed by atoms with Gasteiger partial charge < -0.3 is 9.84 Å². The summed E-state index contributed by atoms with van der Waals surface area (Å²) in [6.07, 6.45) is 4.83. The van der Waals surface area contributed by atoms with E-state index in [-0.39, 0.29) is 5.41 Å². The maximum atomic E-state index is 5.37. The van der Waals surface area contributed by atoms with Crippen LogP contribution in [0.1, 0.15) is 50.2 Å². The molecule has 4 heteroatoms. The highest BCUT2D eigenvalue weighted by Crippen LogP contribution is 2.42. The number of nitrogens with one attached hydrogen (secondary N) is 1. The highest BCUT2D eigenvalue weighted by atomic mass is 16.5. The van der Waals surface area contributed by atoms with Crippen LogP contribution < -0.4 is 5.32 Å². The van der Waals surface area contributed by atoms with Crippen molar-refractivity contribution in [3.8, 4) is 0 Å². The number of rotatable bonds is 2. The van der Waals surface area contributed by atoms with Gasteiger partial charge in [-0.2, -0.15) is 4.98 Å². The van der Waals surface area contributed by atoms with E-state index in [9.17, 15) is 0 Å². The Morgan fingerprint density at radius 2 is 2.33 bits per heavy atom. The van der Waals surface area contributed by atoms with Crippen molar-refractivity contribution < 1.29 is 4.52 Å². The Kier molecular flexibility index (Phi) is 2.06. The predicted molar refractivity (Wildman–Crippen MR) is 55.7 cm³/mol. The SMILES string of the molecule is CC1(c2noc(C3CCNC3)n2)CCC1. The first-order chi connectivity index (χ1) is 7.28. The van der Waals surface area contributed by atoms with Crippen molar-refractivity contribution in [2.75, 3.05) is 13.1 Å². The van der Waals surface area contributed by atoms with Gasteiger partial charge in [0.1, 0.15) is 0 Å². The van der Waals surface area contributed by atoms with Gasteiger partial charge in [0, 0.05) is 12.0 Å². The van der Waals surface area contributed by atoms with Crippen molar-refractivity contribution in [1.82, 2.24) is 15.5 Å². The summed E-state index contributed by atoms with van der Waals surface area (Å²) in [5.74, 6) is 2.20. The van der Waals surface area contributed by atoms with E-state index in [0.717, 1.165) is 31.2 Å². The summed E-state index contributed by atoms with van der Waals surface area (Å²) in [6.45, 7) is 4.29. The second kappa shape index (κ2) is 3.30. The Morgan fingerprint density at radius 1 is 1.47 bits per heavy atom. The van der Waals surface area contributed by atoms with Crippen molar-refractivity contribution in [2.24, 2.45) is 0 Å². The molecule has 82 valence electrons. The first-order valence-corrected chi connectivity index (χ1v) is 5.83. The first kappa shape index (κ1) is 9.33. The highest BCUT2D eigenvalue weighted by molar-refractivity contribution is 5.11. The quantitative estimate of drug-likeness (QED) is 0.800. The molecule has 2 heterocycles. The molecule has 1 unspecified atom stereocenters. The second-order valence-electron chi connectivity index (χ2n) is 5.06. The van der Waals surface area contributed by atoms with Crippen LogP contribution in [0.15, 0.2) is 4.52 Å². The van der Waals surface area contributed by atoms with Crippen molar-refractivity contribution in [2.45, 2.75) is 43.9 Å². The van der Waals surface area contributed by atoms with E-state index in [4.69, 9.17) is 4.52 Å². The van der Waals surface area contributed by atoms with Crippen molar-refractivity contribution in [3.63, 3.8) is 0 Å². The zero-order valence-corrected chi connectivity index (χ0v) is 9.12. The molecule has 1 aromatic heterocycles. The standard InChI is InChI=1S/C11H17N3O/c1-11(4-2-5-11)10-13-9(15-14-10)8-3-6-12-7-8/h8,12H,2-7H2,1H3. The van der Waals surface area contributed by atoms with Crippen LogP contribution in [0.2, 0.25) is 0 Å². The lowest BCUT2D eigenvalue weighted by molar-refractivity contribution is 0.245. The van der Waals surface area contributed by atoms with Gasteiger partial charge in [-0.05, 0) is 25.8 Å². The fraction of sp³-hybridized carbons (Fsp3) is 0.818. The van der Waals surface area contributed by atoms with Gasteiger partial charge in [0.15, 0.2) is 5.82 Å². The molecule has 0 aromatic carbocycles. The average Bonchev–Trinajstić information content (AvgIpc) is 2.84. The van der Waals surface area contributed by atoms with E-state index in [1.165, 1.54) is 19.3 Å². The Bertz CT molecular complexity index is 350. The number of nitrogens with zero attached hydrogens (tertiary/aromatic N) is 2. The van der Waals surface area contributed by atoms with Crippen molar-refractivity contribution in [3.05, 3.63) is 11.7 Å². The zero-order valence-electron chi connectivity index (χ0n) is 9.12. The second-order valence-corrected chi connectivity index (χ2v) is 5.06. The van der Waals surface area contributed by atoms with Crippen LogP contribution in [0.5, 0.6) is 0 Å². The zero-order chi connectivity index (χ0) is 10.3. The third-order valence-electron chi connectivity index (χ3n) is 3.85. The molecule has 1 aromatic rings. The van der Waals surface area contributed by atoms with E-state index in [1.807, 2.05) is 0 Å². The molecule has 0 spiro atoms. The van der Waals surface area contributed by atoms with Crippen molar-refractivity contribution >= 4 is 0 Å². The summed E-state index contributed by atoms with van der Waals surface area (Å²) < 4.78 is 5.37.